The van der Waals surface area contributed by atoms with Gasteiger partial charge in [-0.15, -0.1) is 0 Å². The van der Waals surface area contributed by atoms with Crippen LogP contribution >= 0.6 is 0 Å². The van der Waals surface area contributed by atoms with Crippen molar-refractivity contribution in [1.82, 2.24) is 5.32 Å². The molecule has 1 atom stereocenters. The van der Waals surface area contributed by atoms with Crippen molar-refractivity contribution in [1.29, 1.82) is 0 Å². The van der Waals surface area contributed by atoms with Crippen molar-refractivity contribution in [2.75, 3.05) is 5.73 Å². The van der Waals surface area contributed by atoms with Crippen LogP contribution in [0.5, 0.6) is 0 Å². The molecule has 1 amide bonds. The molecule has 0 fully saturated rings. The highest BCUT2D eigenvalue weighted by atomic mass is 19.1. The summed E-state index contributed by atoms with van der Waals surface area (Å²) in [5, 5.41) is 2.81. The Kier molecular flexibility index (Phi) is 4.03. The Morgan fingerprint density at radius 1 is 1.20 bits per heavy atom. The lowest BCUT2D eigenvalue weighted by Crippen LogP contribution is -2.27. The van der Waals surface area contributed by atoms with Gasteiger partial charge in [-0.1, -0.05) is 29.8 Å². The van der Waals surface area contributed by atoms with Crippen LogP contribution in [-0.2, 0) is 0 Å². The molecule has 0 aliphatic carbocycles. The average molecular weight is 272 g/mol. The molecule has 0 saturated heterocycles. The number of nitrogens with two attached hydrogens (primary N) is 1. The third-order valence-corrected chi connectivity index (χ3v) is 3.18. The normalized spacial score (nSPS) is 11.9. The molecule has 0 radical (unpaired) electrons. The first-order chi connectivity index (χ1) is 9.47. The Morgan fingerprint density at radius 2 is 1.85 bits per heavy atom. The van der Waals surface area contributed by atoms with Gasteiger partial charge in [0.1, 0.15) is 5.82 Å². The van der Waals surface area contributed by atoms with E-state index >= 15 is 0 Å². The van der Waals surface area contributed by atoms with E-state index in [2.05, 4.69) is 5.32 Å². The summed E-state index contributed by atoms with van der Waals surface area (Å²) in [5.41, 5.74) is 8.26. The van der Waals surface area contributed by atoms with Crippen molar-refractivity contribution in [3.63, 3.8) is 0 Å². The molecule has 0 aromatic heterocycles. The van der Waals surface area contributed by atoms with Crippen LogP contribution in [0.15, 0.2) is 42.5 Å². The van der Waals surface area contributed by atoms with E-state index in [1.165, 1.54) is 12.1 Å². The molecule has 2 aromatic carbocycles. The molecule has 0 bridgehead atoms. The first kappa shape index (κ1) is 14.1. The van der Waals surface area contributed by atoms with E-state index in [0.717, 1.165) is 17.2 Å². The van der Waals surface area contributed by atoms with Gasteiger partial charge in [-0.2, -0.15) is 0 Å². The summed E-state index contributed by atoms with van der Waals surface area (Å²) in [5.74, 6) is -0.859. The number of benzene rings is 2. The smallest absolute Gasteiger partial charge is 0.253 e. The van der Waals surface area contributed by atoms with Crippen molar-refractivity contribution >= 4 is 11.6 Å². The second kappa shape index (κ2) is 5.74. The number of carbonyl (C=O) groups excluding carboxylic acids is 1. The van der Waals surface area contributed by atoms with Gasteiger partial charge in [-0.25, -0.2) is 4.39 Å². The van der Waals surface area contributed by atoms with E-state index in [1.54, 1.807) is 0 Å². The third kappa shape index (κ3) is 3.15. The number of carbonyl (C=O) groups is 1. The maximum atomic E-state index is 13.2. The number of amides is 1. The summed E-state index contributed by atoms with van der Waals surface area (Å²) in [7, 11) is 0. The van der Waals surface area contributed by atoms with E-state index in [9.17, 15) is 9.18 Å². The topological polar surface area (TPSA) is 55.1 Å². The molecule has 0 aliphatic heterocycles. The Labute approximate surface area is 117 Å². The number of rotatable bonds is 3. The zero-order valence-corrected chi connectivity index (χ0v) is 11.5. The maximum absolute atomic E-state index is 13.2. The van der Waals surface area contributed by atoms with Crippen LogP contribution in [0.4, 0.5) is 10.1 Å². The molecule has 0 saturated carbocycles. The molecule has 104 valence electrons. The molecule has 3 nitrogen and oxygen atoms in total. The van der Waals surface area contributed by atoms with Gasteiger partial charge in [0, 0.05) is 5.69 Å². The summed E-state index contributed by atoms with van der Waals surface area (Å²) in [6.07, 6.45) is 0. The van der Waals surface area contributed by atoms with Crippen LogP contribution in [0.1, 0.15) is 34.5 Å². The van der Waals surface area contributed by atoms with E-state index in [0.29, 0.717) is 0 Å². The first-order valence-corrected chi connectivity index (χ1v) is 6.40. The second-order valence-corrected chi connectivity index (χ2v) is 4.84. The van der Waals surface area contributed by atoms with Crippen LogP contribution < -0.4 is 11.1 Å². The van der Waals surface area contributed by atoms with Gasteiger partial charge in [-0.05, 0) is 37.6 Å². The quantitative estimate of drug-likeness (QED) is 0.843. The van der Waals surface area contributed by atoms with Crippen molar-refractivity contribution in [2.24, 2.45) is 0 Å². The Balaban J connectivity index is 2.15. The van der Waals surface area contributed by atoms with Gasteiger partial charge in [0.05, 0.1) is 11.6 Å². The summed E-state index contributed by atoms with van der Waals surface area (Å²) in [4.78, 5) is 12.1. The van der Waals surface area contributed by atoms with Crippen molar-refractivity contribution in [2.45, 2.75) is 19.9 Å². The van der Waals surface area contributed by atoms with Gasteiger partial charge in [0.15, 0.2) is 0 Å². The fraction of sp³-hybridized carbons (Fsp3) is 0.188. The SMILES string of the molecule is Cc1ccc([C@@H](C)NC(=O)c2cc(F)ccc2N)cc1. The van der Waals surface area contributed by atoms with Crippen molar-refractivity contribution in [3.05, 3.63) is 65.0 Å². The van der Waals surface area contributed by atoms with Crippen molar-refractivity contribution < 1.29 is 9.18 Å². The lowest BCUT2D eigenvalue weighted by Gasteiger charge is -2.15. The molecule has 4 heteroatoms. The molecule has 2 rings (SSSR count). The first-order valence-electron chi connectivity index (χ1n) is 6.40. The number of nitrogen functional groups attached to an aromatic ring is 1. The predicted molar refractivity (Wildman–Crippen MR) is 77.9 cm³/mol. The lowest BCUT2D eigenvalue weighted by atomic mass is 10.1. The summed E-state index contributed by atoms with van der Waals surface area (Å²) < 4.78 is 13.2. The maximum Gasteiger partial charge on any atom is 0.253 e. The van der Waals surface area contributed by atoms with Gasteiger partial charge in [0.25, 0.3) is 5.91 Å². The largest absolute Gasteiger partial charge is 0.398 e. The van der Waals surface area contributed by atoms with Gasteiger partial charge in [-0.3, -0.25) is 4.79 Å². The highest BCUT2D eigenvalue weighted by molar-refractivity contribution is 5.99. The van der Waals surface area contributed by atoms with Crippen LogP contribution in [0.25, 0.3) is 0 Å². The molecule has 0 aliphatic rings. The fourth-order valence-corrected chi connectivity index (χ4v) is 1.94. The van der Waals surface area contributed by atoms with Crippen LogP contribution in [0, 0.1) is 12.7 Å². The monoisotopic (exact) mass is 272 g/mol. The number of aryl methyl sites for hydroxylation is 1. The standard InChI is InChI=1S/C16H17FN2O/c1-10-3-5-12(6-4-10)11(2)19-16(20)14-9-13(17)7-8-15(14)18/h3-9,11H,18H2,1-2H3,(H,19,20)/t11-/m1/s1. The highest BCUT2D eigenvalue weighted by Crippen LogP contribution is 2.17. The predicted octanol–water partition coefficient (Wildman–Crippen LogP) is 3.21. The van der Waals surface area contributed by atoms with E-state index in [-0.39, 0.29) is 23.2 Å². The molecule has 0 unspecified atom stereocenters. The zero-order valence-electron chi connectivity index (χ0n) is 11.5. The van der Waals surface area contributed by atoms with Gasteiger partial charge >= 0.3 is 0 Å². The summed E-state index contributed by atoms with van der Waals surface area (Å²) >= 11 is 0. The molecule has 2 aromatic rings. The Hall–Kier alpha value is -2.36. The van der Waals surface area contributed by atoms with Crippen LogP contribution in [-0.4, -0.2) is 5.91 Å². The highest BCUT2D eigenvalue weighted by Gasteiger charge is 2.14. The van der Waals surface area contributed by atoms with Crippen LogP contribution in [0.3, 0.4) is 0 Å². The number of hydrogen-bond donors (Lipinski definition) is 2. The van der Waals surface area contributed by atoms with E-state index in [1.807, 2.05) is 38.1 Å². The number of anilines is 1. The molecule has 0 heterocycles. The molecule has 20 heavy (non-hydrogen) atoms. The minimum absolute atomic E-state index is 0.156. The Bertz CT molecular complexity index is 623. The third-order valence-electron chi connectivity index (χ3n) is 3.18. The number of nitrogens with one attached hydrogen (secondary N) is 1. The molecular formula is C16H17FN2O. The minimum atomic E-state index is -0.479. The van der Waals surface area contributed by atoms with Gasteiger partial charge in [0.2, 0.25) is 0 Å². The van der Waals surface area contributed by atoms with E-state index < -0.39 is 5.82 Å². The van der Waals surface area contributed by atoms with Gasteiger partial charge < -0.3 is 11.1 Å². The minimum Gasteiger partial charge on any atom is -0.398 e. The van der Waals surface area contributed by atoms with E-state index in [4.69, 9.17) is 5.73 Å². The lowest BCUT2D eigenvalue weighted by molar-refractivity contribution is 0.0940. The Morgan fingerprint density at radius 3 is 2.50 bits per heavy atom. The molecule has 0 spiro atoms. The van der Waals surface area contributed by atoms with Crippen LogP contribution in [0.2, 0.25) is 0 Å². The number of halogens is 1. The second-order valence-electron chi connectivity index (χ2n) is 4.84. The molecular weight excluding hydrogens is 255 g/mol. The summed E-state index contributed by atoms with van der Waals surface area (Å²) in [6, 6.07) is 11.5. The van der Waals surface area contributed by atoms with Crippen molar-refractivity contribution in [3.8, 4) is 0 Å². The molecule has 3 N–H and O–H groups in total. The summed E-state index contributed by atoms with van der Waals surface area (Å²) in [6.45, 7) is 3.87. The zero-order chi connectivity index (χ0) is 14.7. The number of hydrogen-bond acceptors (Lipinski definition) is 2. The fourth-order valence-electron chi connectivity index (χ4n) is 1.94. The average Bonchev–Trinajstić information content (AvgIpc) is 2.42.